The molecule has 0 unspecified atom stereocenters. The van der Waals surface area contributed by atoms with Crippen LogP contribution in [0.3, 0.4) is 0 Å². The lowest BCUT2D eigenvalue weighted by Gasteiger charge is -2.15. The largest absolute Gasteiger partial charge is 0.482 e. The molecule has 1 fully saturated rings. The molecule has 0 atom stereocenters. The van der Waals surface area contributed by atoms with Gasteiger partial charge in [-0.1, -0.05) is 66.8 Å². The molecular formula is C28H25ClN2O3S2. The van der Waals surface area contributed by atoms with E-state index in [-0.39, 0.29) is 18.4 Å². The summed E-state index contributed by atoms with van der Waals surface area (Å²) in [5.74, 6) is -0.0734. The summed E-state index contributed by atoms with van der Waals surface area (Å²) in [6.07, 6.45) is 2.69. The minimum Gasteiger partial charge on any atom is -0.482 e. The van der Waals surface area contributed by atoms with Crippen molar-refractivity contribution in [3.8, 4) is 5.75 Å². The maximum Gasteiger partial charge on any atom is 0.270 e. The molecule has 5 nitrogen and oxygen atoms in total. The van der Waals surface area contributed by atoms with E-state index in [1.807, 2.05) is 56.3 Å². The van der Waals surface area contributed by atoms with Crippen LogP contribution >= 0.6 is 35.6 Å². The van der Waals surface area contributed by atoms with E-state index >= 15 is 0 Å². The van der Waals surface area contributed by atoms with Gasteiger partial charge in [-0.25, -0.2) is 0 Å². The number of thiocarbonyl (C=S) groups is 1. The number of halogens is 1. The highest BCUT2D eigenvalue weighted by atomic mass is 35.5. The lowest BCUT2D eigenvalue weighted by atomic mass is 10.1. The third-order valence-electron chi connectivity index (χ3n) is 5.80. The van der Waals surface area contributed by atoms with Crippen LogP contribution < -0.4 is 15.0 Å². The number of ether oxygens (including phenoxy) is 1. The standard InChI is InChI=1S/C28H25ClN2O3S2/c1-4-19-6-9-21(10-7-19)30-26(32)16-34-24-12-8-20(14-23(24)29)15-25-27(33)31(28(35)36-25)22-11-5-17(2)18(3)13-22/h5-15H,4,16H2,1-3H3,(H,30,32)/b25-15-. The second-order valence-electron chi connectivity index (χ2n) is 8.36. The van der Waals surface area contributed by atoms with Gasteiger partial charge < -0.3 is 10.1 Å². The van der Waals surface area contributed by atoms with Gasteiger partial charge in [-0.3, -0.25) is 14.5 Å². The van der Waals surface area contributed by atoms with Crippen LogP contribution in [0.4, 0.5) is 11.4 Å². The molecule has 1 heterocycles. The number of anilines is 2. The topological polar surface area (TPSA) is 58.6 Å². The number of benzene rings is 3. The minimum absolute atomic E-state index is 0.173. The first-order valence-corrected chi connectivity index (χ1v) is 13.0. The van der Waals surface area contributed by atoms with Crippen LogP contribution in [-0.4, -0.2) is 22.7 Å². The van der Waals surface area contributed by atoms with Gasteiger partial charge in [0.05, 0.1) is 15.6 Å². The highest BCUT2D eigenvalue weighted by molar-refractivity contribution is 8.27. The molecule has 3 aromatic carbocycles. The first kappa shape index (κ1) is 25.9. The summed E-state index contributed by atoms with van der Waals surface area (Å²) in [4.78, 5) is 27.4. The second kappa shape index (κ2) is 11.3. The van der Waals surface area contributed by atoms with Gasteiger partial charge in [-0.2, -0.15) is 0 Å². The van der Waals surface area contributed by atoms with Crippen molar-refractivity contribution < 1.29 is 14.3 Å². The molecule has 0 aromatic heterocycles. The molecule has 0 spiro atoms. The van der Waals surface area contributed by atoms with Gasteiger partial charge in [0.15, 0.2) is 10.9 Å². The molecule has 8 heteroatoms. The summed E-state index contributed by atoms with van der Waals surface area (Å²) in [6, 6.07) is 18.7. The van der Waals surface area contributed by atoms with Gasteiger partial charge in [0.2, 0.25) is 0 Å². The fraction of sp³-hybridized carbons (Fsp3) is 0.179. The van der Waals surface area contributed by atoms with E-state index in [1.54, 1.807) is 29.2 Å². The maximum atomic E-state index is 13.1. The average Bonchev–Trinajstić information content (AvgIpc) is 3.13. The number of rotatable bonds is 7. The Bertz CT molecular complexity index is 1370. The first-order chi connectivity index (χ1) is 17.2. The fourth-order valence-corrected chi connectivity index (χ4v) is 5.14. The number of hydrogen-bond donors (Lipinski definition) is 1. The summed E-state index contributed by atoms with van der Waals surface area (Å²) < 4.78 is 6.09. The molecule has 0 radical (unpaired) electrons. The van der Waals surface area contributed by atoms with E-state index in [0.29, 0.717) is 25.7 Å². The molecular weight excluding hydrogens is 512 g/mol. The second-order valence-corrected chi connectivity index (χ2v) is 10.4. The number of thioether (sulfide) groups is 1. The first-order valence-electron chi connectivity index (χ1n) is 11.4. The van der Waals surface area contributed by atoms with Gasteiger partial charge in [0.25, 0.3) is 11.8 Å². The third kappa shape index (κ3) is 5.98. The third-order valence-corrected chi connectivity index (χ3v) is 7.40. The Labute approximate surface area is 225 Å². The Morgan fingerprint density at radius 3 is 2.50 bits per heavy atom. The van der Waals surface area contributed by atoms with Crippen LogP contribution in [0.5, 0.6) is 5.75 Å². The summed E-state index contributed by atoms with van der Waals surface area (Å²) in [5, 5.41) is 3.14. The van der Waals surface area contributed by atoms with Crippen molar-refractivity contribution in [2.45, 2.75) is 27.2 Å². The fourth-order valence-electron chi connectivity index (χ4n) is 3.59. The number of carbonyl (C=O) groups is 2. The molecule has 0 saturated carbocycles. The van der Waals surface area contributed by atoms with Gasteiger partial charge in [-0.05, 0) is 85.0 Å². The molecule has 1 aliphatic heterocycles. The van der Waals surface area contributed by atoms with Crippen molar-refractivity contribution in [2.75, 3.05) is 16.8 Å². The van der Waals surface area contributed by atoms with Crippen molar-refractivity contribution in [1.29, 1.82) is 0 Å². The molecule has 36 heavy (non-hydrogen) atoms. The number of aryl methyl sites for hydroxylation is 3. The number of amides is 2. The van der Waals surface area contributed by atoms with E-state index in [1.165, 1.54) is 17.3 Å². The maximum absolute atomic E-state index is 13.1. The zero-order valence-electron chi connectivity index (χ0n) is 20.1. The normalized spacial score (nSPS) is 14.4. The van der Waals surface area contributed by atoms with Crippen LogP contribution in [0.15, 0.2) is 65.6 Å². The van der Waals surface area contributed by atoms with Crippen molar-refractivity contribution in [1.82, 2.24) is 0 Å². The molecule has 2 amide bonds. The quantitative estimate of drug-likeness (QED) is 0.262. The van der Waals surface area contributed by atoms with Gasteiger partial charge in [0.1, 0.15) is 5.75 Å². The van der Waals surface area contributed by atoms with Crippen molar-refractivity contribution in [2.24, 2.45) is 0 Å². The lowest BCUT2D eigenvalue weighted by molar-refractivity contribution is -0.118. The van der Waals surface area contributed by atoms with E-state index in [4.69, 9.17) is 28.6 Å². The van der Waals surface area contributed by atoms with Gasteiger partial charge in [0, 0.05) is 5.69 Å². The lowest BCUT2D eigenvalue weighted by Crippen LogP contribution is -2.27. The van der Waals surface area contributed by atoms with Crippen LogP contribution in [0.1, 0.15) is 29.2 Å². The predicted molar refractivity (Wildman–Crippen MR) is 153 cm³/mol. The summed E-state index contributed by atoms with van der Waals surface area (Å²) >= 11 is 13.1. The van der Waals surface area contributed by atoms with Crippen LogP contribution in [0.2, 0.25) is 5.02 Å². The van der Waals surface area contributed by atoms with Crippen molar-refractivity contribution >= 4 is 69.2 Å². The molecule has 1 N–H and O–H groups in total. The monoisotopic (exact) mass is 536 g/mol. The summed E-state index contributed by atoms with van der Waals surface area (Å²) in [7, 11) is 0. The minimum atomic E-state index is -0.283. The van der Waals surface area contributed by atoms with E-state index in [2.05, 4.69) is 12.2 Å². The Morgan fingerprint density at radius 2 is 1.83 bits per heavy atom. The number of carbonyl (C=O) groups excluding carboxylic acids is 2. The molecule has 1 aliphatic rings. The van der Waals surface area contributed by atoms with Crippen LogP contribution in [0.25, 0.3) is 6.08 Å². The highest BCUT2D eigenvalue weighted by Crippen LogP contribution is 2.37. The zero-order chi connectivity index (χ0) is 25.8. The van der Waals surface area contributed by atoms with E-state index < -0.39 is 0 Å². The molecule has 1 saturated heterocycles. The molecule has 0 aliphatic carbocycles. The van der Waals surface area contributed by atoms with E-state index in [9.17, 15) is 9.59 Å². The Hall–Kier alpha value is -3.13. The SMILES string of the molecule is CCc1ccc(NC(=O)COc2ccc(/C=C3\SC(=S)N(c4ccc(C)c(C)c4)C3=O)cc2Cl)cc1. The predicted octanol–water partition coefficient (Wildman–Crippen LogP) is 6.94. The van der Waals surface area contributed by atoms with Crippen molar-refractivity contribution in [3.63, 3.8) is 0 Å². The Morgan fingerprint density at radius 1 is 1.08 bits per heavy atom. The number of nitrogens with one attached hydrogen (secondary N) is 1. The van der Waals surface area contributed by atoms with Crippen LogP contribution in [0, 0.1) is 13.8 Å². The zero-order valence-corrected chi connectivity index (χ0v) is 22.5. The highest BCUT2D eigenvalue weighted by Gasteiger charge is 2.33. The van der Waals surface area contributed by atoms with Crippen molar-refractivity contribution in [3.05, 3.63) is 92.8 Å². The molecule has 184 valence electrons. The van der Waals surface area contributed by atoms with E-state index in [0.717, 1.165) is 28.8 Å². The Balaban J connectivity index is 1.40. The molecule has 3 aromatic rings. The number of nitrogens with zero attached hydrogens (tertiary/aromatic N) is 1. The average molecular weight is 537 g/mol. The molecule has 4 rings (SSSR count). The number of hydrogen-bond acceptors (Lipinski definition) is 5. The smallest absolute Gasteiger partial charge is 0.270 e. The Kier molecular flexibility index (Phi) is 8.14. The van der Waals surface area contributed by atoms with Gasteiger partial charge in [-0.15, -0.1) is 0 Å². The van der Waals surface area contributed by atoms with Gasteiger partial charge >= 0.3 is 0 Å². The van der Waals surface area contributed by atoms with Crippen LogP contribution in [-0.2, 0) is 16.0 Å². The summed E-state index contributed by atoms with van der Waals surface area (Å²) in [6.45, 7) is 5.93. The molecule has 0 bridgehead atoms. The summed E-state index contributed by atoms with van der Waals surface area (Å²) in [5.41, 5.74) is 5.64.